The minimum atomic E-state index is -3.74. The molecule has 9 nitrogen and oxygen atoms in total. The molecule has 0 aliphatic rings. The summed E-state index contributed by atoms with van der Waals surface area (Å²) in [6.45, 7) is 0.449. The van der Waals surface area contributed by atoms with Gasteiger partial charge in [0.25, 0.3) is 0 Å². The zero-order valence-electron chi connectivity index (χ0n) is 12.9. The second-order valence-corrected chi connectivity index (χ2v) is 7.42. The van der Waals surface area contributed by atoms with Crippen LogP contribution in [0.1, 0.15) is 12.8 Å². The van der Waals surface area contributed by atoms with Crippen LogP contribution < -0.4 is 15.8 Å². The number of carbonyl (C=O) groups is 1. The minimum absolute atomic E-state index is 0.00978. The van der Waals surface area contributed by atoms with E-state index in [0.29, 0.717) is 34.9 Å². The zero-order valence-corrected chi connectivity index (χ0v) is 15.3. The lowest BCUT2D eigenvalue weighted by molar-refractivity contribution is -0.137. The number of sulfonamides is 1. The van der Waals surface area contributed by atoms with E-state index in [1.807, 2.05) is 0 Å². The number of hydrogen-bond acceptors (Lipinski definition) is 7. The lowest BCUT2D eigenvalue weighted by atomic mass is 10.3. The van der Waals surface area contributed by atoms with Crippen LogP contribution in [0.3, 0.4) is 0 Å². The molecule has 11 heteroatoms. The maximum Gasteiger partial charge on any atom is 0.303 e. The lowest BCUT2D eigenvalue weighted by Crippen LogP contribution is -2.12. The van der Waals surface area contributed by atoms with E-state index in [2.05, 4.69) is 36.5 Å². The van der Waals surface area contributed by atoms with Gasteiger partial charge in [0.15, 0.2) is 0 Å². The zero-order chi connectivity index (χ0) is 18.4. The number of benzene rings is 1. The van der Waals surface area contributed by atoms with E-state index in [-0.39, 0.29) is 11.3 Å². The van der Waals surface area contributed by atoms with E-state index in [1.54, 1.807) is 18.3 Å². The standard InChI is InChI=1S/C14H16BrN5O4S/c15-11-8-18-14(20-13(11)17-7-1-2-12(21)22)19-9-3-5-10(6-4-9)25(16,23)24/h3-6,8H,1-2,7H2,(H,21,22)(H2,16,23,24)(H2,17,18,19,20). The Bertz CT molecular complexity index is 858. The number of nitrogens with one attached hydrogen (secondary N) is 2. The number of carboxylic acids is 1. The summed E-state index contributed by atoms with van der Waals surface area (Å²) in [5, 5.41) is 19.6. The van der Waals surface area contributed by atoms with Crippen molar-refractivity contribution < 1.29 is 18.3 Å². The average molecular weight is 430 g/mol. The fourth-order valence-electron chi connectivity index (χ4n) is 1.85. The van der Waals surface area contributed by atoms with Crippen LogP contribution in [0.4, 0.5) is 17.5 Å². The second-order valence-electron chi connectivity index (χ2n) is 5.01. The van der Waals surface area contributed by atoms with Crippen molar-refractivity contribution in [3.05, 3.63) is 34.9 Å². The van der Waals surface area contributed by atoms with Gasteiger partial charge in [-0.1, -0.05) is 0 Å². The molecular formula is C14H16BrN5O4S. The van der Waals surface area contributed by atoms with Gasteiger partial charge in [0.1, 0.15) is 5.82 Å². The predicted molar refractivity (Wildman–Crippen MR) is 96.2 cm³/mol. The highest BCUT2D eigenvalue weighted by atomic mass is 79.9. The highest BCUT2D eigenvalue weighted by Gasteiger charge is 2.08. The highest BCUT2D eigenvalue weighted by molar-refractivity contribution is 9.10. The monoisotopic (exact) mass is 429 g/mol. The van der Waals surface area contributed by atoms with Crippen LogP contribution in [-0.4, -0.2) is 36.0 Å². The van der Waals surface area contributed by atoms with Crippen molar-refractivity contribution in [3.63, 3.8) is 0 Å². The topological polar surface area (TPSA) is 147 Å². The molecule has 0 aliphatic carbocycles. The lowest BCUT2D eigenvalue weighted by Gasteiger charge is -2.10. The van der Waals surface area contributed by atoms with Crippen LogP contribution in [0, 0.1) is 0 Å². The third-order valence-electron chi connectivity index (χ3n) is 3.04. The summed E-state index contributed by atoms with van der Waals surface area (Å²) in [6.07, 6.45) is 2.08. The molecule has 0 atom stereocenters. The Morgan fingerprint density at radius 3 is 2.56 bits per heavy atom. The van der Waals surface area contributed by atoms with Crippen molar-refractivity contribution in [2.24, 2.45) is 5.14 Å². The third kappa shape index (κ3) is 5.96. The van der Waals surface area contributed by atoms with Crippen LogP contribution in [0.2, 0.25) is 0 Å². The Balaban J connectivity index is 2.05. The van der Waals surface area contributed by atoms with Crippen molar-refractivity contribution in [1.82, 2.24) is 9.97 Å². The molecule has 134 valence electrons. The van der Waals surface area contributed by atoms with Gasteiger partial charge in [-0.3, -0.25) is 4.79 Å². The predicted octanol–water partition coefficient (Wildman–Crippen LogP) is 1.91. The van der Waals surface area contributed by atoms with Gasteiger partial charge in [0.05, 0.1) is 9.37 Å². The van der Waals surface area contributed by atoms with Gasteiger partial charge in [-0.25, -0.2) is 18.5 Å². The number of nitrogens with two attached hydrogens (primary N) is 1. The molecule has 0 fully saturated rings. The molecule has 0 saturated heterocycles. The molecule has 1 aromatic carbocycles. The molecule has 25 heavy (non-hydrogen) atoms. The Hall–Kier alpha value is -2.24. The highest BCUT2D eigenvalue weighted by Crippen LogP contribution is 2.22. The number of rotatable bonds is 8. The van der Waals surface area contributed by atoms with E-state index >= 15 is 0 Å². The molecular weight excluding hydrogens is 414 g/mol. The molecule has 0 amide bonds. The summed E-state index contributed by atoms with van der Waals surface area (Å²) in [7, 11) is -3.74. The van der Waals surface area contributed by atoms with E-state index in [1.165, 1.54) is 12.1 Å². The second kappa shape index (κ2) is 8.23. The largest absolute Gasteiger partial charge is 0.481 e. The first-order valence-electron chi connectivity index (χ1n) is 7.14. The van der Waals surface area contributed by atoms with Gasteiger partial charge in [-0.15, -0.1) is 0 Å². The van der Waals surface area contributed by atoms with Crippen LogP contribution in [0.5, 0.6) is 0 Å². The molecule has 0 unspecified atom stereocenters. The van der Waals surface area contributed by atoms with Crippen LogP contribution in [0.25, 0.3) is 0 Å². The quantitative estimate of drug-likeness (QED) is 0.465. The first-order chi connectivity index (χ1) is 11.8. The fourth-order valence-corrected chi connectivity index (χ4v) is 2.70. The fraction of sp³-hybridized carbons (Fsp3) is 0.214. The van der Waals surface area contributed by atoms with Crippen LogP contribution in [-0.2, 0) is 14.8 Å². The molecule has 2 rings (SSSR count). The first-order valence-corrected chi connectivity index (χ1v) is 9.48. The normalized spacial score (nSPS) is 11.1. The molecule has 0 spiro atoms. The van der Waals surface area contributed by atoms with Gasteiger partial charge in [0, 0.05) is 24.8 Å². The summed E-state index contributed by atoms with van der Waals surface area (Å²) in [4.78, 5) is 18.9. The SMILES string of the molecule is NS(=O)(=O)c1ccc(Nc2ncc(Br)c(NCCCC(=O)O)n2)cc1. The van der Waals surface area contributed by atoms with E-state index in [0.717, 1.165) is 0 Å². The van der Waals surface area contributed by atoms with E-state index in [4.69, 9.17) is 10.2 Å². The first kappa shape index (κ1) is 19.1. The Morgan fingerprint density at radius 1 is 1.28 bits per heavy atom. The summed E-state index contributed by atoms with van der Waals surface area (Å²) >= 11 is 3.32. The third-order valence-corrected chi connectivity index (χ3v) is 4.55. The molecule has 0 radical (unpaired) electrons. The number of anilines is 3. The molecule has 2 aromatic rings. The smallest absolute Gasteiger partial charge is 0.303 e. The van der Waals surface area contributed by atoms with Crippen molar-refractivity contribution in [2.45, 2.75) is 17.7 Å². The maximum atomic E-state index is 11.2. The van der Waals surface area contributed by atoms with Gasteiger partial charge in [-0.2, -0.15) is 4.98 Å². The molecule has 0 bridgehead atoms. The number of halogens is 1. The Labute approximate surface area is 152 Å². The van der Waals surface area contributed by atoms with Crippen LogP contribution in [0.15, 0.2) is 39.8 Å². The Morgan fingerprint density at radius 2 is 1.96 bits per heavy atom. The molecule has 1 heterocycles. The number of hydrogen-bond donors (Lipinski definition) is 4. The van der Waals surface area contributed by atoms with Crippen molar-refractivity contribution in [3.8, 4) is 0 Å². The molecule has 5 N–H and O–H groups in total. The van der Waals surface area contributed by atoms with Gasteiger partial charge in [0.2, 0.25) is 16.0 Å². The van der Waals surface area contributed by atoms with Crippen molar-refractivity contribution in [2.75, 3.05) is 17.2 Å². The molecule has 1 aromatic heterocycles. The van der Waals surface area contributed by atoms with Gasteiger partial charge >= 0.3 is 5.97 Å². The number of nitrogens with zero attached hydrogens (tertiary/aromatic N) is 2. The number of aromatic nitrogens is 2. The summed E-state index contributed by atoms with van der Waals surface area (Å²) in [5.74, 6) is -0.0369. The average Bonchev–Trinajstić information content (AvgIpc) is 2.54. The van der Waals surface area contributed by atoms with Gasteiger partial charge in [-0.05, 0) is 46.6 Å². The summed E-state index contributed by atoms with van der Waals surface area (Å²) < 4.78 is 23.1. The summed E-state index contributed by atoms with van der Waals surface area (Å²) in [6, 6.07) is 5.85. The minimum Gasteiger partial charge on any atom is -0.481 e. The number of aliphatic carboxylic acids is 1. The van der Waals surface area contributed by atoms with E-state index in [9.17, 15) is 13.2 Å². The Kier molecular flexibility index (Phi) is 6.28. The van der Waals surface area contributed by atoms with Crippen molar-refractivity contribution in [1.29, 1.82) is 0 Å². The summed E-state index contributed by atoms with van der Waals surface area (Å²) in [5.41, 5.74) is 0.589. The number of primary sulfonamides is 1. The molecule has 0 saturated carbocycles. The number of carboxylic acid groups (broad SMARTS) is 1. The van der Waals surface area contributed by atoms with Crippen molar-refractivity contribution >= 4 is 49.4 Å². The molecule has 0 aliphatic heterocycles. The van der Waals surface area contributed by atoms with Crippen LogP contribution >= 0.6 is 15.9 Å². The van der Waals surface area contributed by atoms with E-state index < -0.39 is 16.0 Å². The van der Waals surface area contributed by atoms with Gasteiger partial charge < -0.3 is 15.7 Å². The maximum absolute atomic E-state index is 11.2.